The number of ether oxygens (including phenoxy) is 2. The van der Waals surface area contributed by atoms with Gasteiger partial charge in [-0.3, -0.25) is 9.59 Å². The molecule has 0 bridgehead atoms. The first-order valence-electron chi connectivity index (χ1n) is 5.72. The lowest BCUT2D eigenvalue weighted by Gasteiger charge is -2.11. The Morgan fingerprint density at radius 1 is 1.24 bits per heavy atom. The van der Waals surface area contributed by atoms with Crippen molar-refractivity contribution in [1.29, 1.82) is 0 Å². The molecule has 0 aromatic rings. The molecular weight excluding hydrogens is 220 g/mol. The summed E-state index contributed by atoms with van der Waals surface area (Å²) in [5.41, 5.74) is 2.62. The first kappa shape index (κ1) is 15.5. The van der Waals surface area contributed by atoms with E-state index >= 15 is 0 Å². The molecule has 0 aromatic heterocycles. The average molecular weight is 240 g/mol. The molecule has 0 rings (SSSR count). The number of rotatable bonds is 8. The van der Waals surface area contributed by atoms with Gasteiger partial charge in [0.25, 0.3) is 0 Å². The average Bonchev–Trinajstić information content (AvgIpc) is 2.22. The lowest BCUT2D eigenvalue weighted by Crippen LogP contribution is -2.13. The molecule has 0 radical (unpaired) electrons. The summed E-state index contributed by atoms with van der Waals surface area (Å²) in [6.45, 7) is 6.68. The second-order valence-corrected chi connectivity index (χ2v) is 3.71. The molecule has 0 saturated carbocycles. The van der Waals surface area contributed by atoms with Gasteiger partial charge in [0.05, 0.1) is 6.61 Å². The Kier molecular flexibility index (Phi) is 8.79. The van der Waals surface area contributed by atoms with E-state index in [-0.39, 0.29) is 18.0 Å². The minimum absolute atomic E-state index is 0.251. The molecule has 4 heteroatoms. The van der Waals surface area contributed by atoms with Gasteiger partial charge in [-0.1, -0.05) is 6.58 Å². The largest absolute Gasteiger partial charge is 0.466 e. The molecule has 0 amide bonds. The number of carbonyl (C=O) groups excluding carboxylic acids is 2. The second-order valence-electron chi connectivity index (χ2n) is 3.71. The van der Waals surface area contributed by atoms with E-state index in [0.717, 1.165) is 25.7 Å². The summed E-state index contributed by atoms with van der Waals surface area (Å²) in [7, 11) is 0. The fourth-order valence-corrected chi connectivity index (χ4v) is 1.36. The van der Waals surface area contributed by atoms with Gasteiger partial charge >= 0.3 is 11.9 Å². The van der Waals surface area contributed by atoms with E-state index in [0.29, 0.717) is 6.61 Å². The van der Waals surface area contributed by atoms with Crippen molar-refractivity contribution in [2.24, 2.45) is 0 Å². The van der Waals surface area contributed by atoms with E-state index in [4.69, 9.17) is 9.47 Å². The first-order valence-corrected chi connectivity index (χ1v) is 5.72. The van der Waals surface area contributed by atoms with Crippen LogP contribution in [0, 0.1) is 0 Å². The Morgan fingerprint density at radius 2 is 1.94 bits per heavy atom. The van der Waals surface area contributed by atoms with Crippen LogP contribution >= 0.6 is 0 Å². The summed E-state index contributed by atoms with van der Waals surface area (Å²) >= 11 is 0. The molecule has 0 fully saturated rings. The zero-order valence-corrected chi connectivity index (χ0v) is 10.5. The summed E-state index contributed by atoms with van der Waals surface area (Å²) in [6.07, 6.45) is 4.78. The molecule has 0 aliphatic rings. The summed E-state index contributed by atoms with van der Waals surface area (Å²) in [6, 6.07) is 0. The zero-order chi connectivity index (χ0) is 13.1. The van der Waals surface area contributed by atoms with Crippen LogP contribution in [0.2, 0.25) is 0 Å². The Labute approximate surface area is 102 Å². The minimum Gasteiger partial charge on any atom is -0.466 e. The maximum absolute atomic E-state index is 10.8. The smallest absolute Gasteiger partial charge is 0.303 e. The molecule has 0 saturated heterocycles. The highest BCUT2D eigenvalue weighted by Crippen LogP contribution is 2.08. The Morgan fingerprint density at radius 3 is 2.47 bits per heavy atom. The monoisotopic (exact) mass is 240 g/mol. The van der Waals surface area contributed by atoms with Gasteiger partial charge in [0.15, 0.2) is 0 Å². The van der Waals surface area contributed by atoms with Gasteiger partial charge in [0, 0.05) is 13.8 Å². The number of unbranched alkanes of at least 4 members (excludes halogenated alkanes) is 2. The van der Waals surface area contributed by atoms with Gasteiger partial charge in [-0.15, -0.1) is 5.73 Å². The minimum atomic E-state index is -0.304. The standard InChI is InChI=1S/C13H20O4/c1-4-8-13(17-12(3)15)9-6-5-7-10-16-11(2)14/h8,13H,1,5-7,9-10H2,2-3H3. The van der Waals surface area contributed by atoms with Crippen molar-refractivity contribution in [3.05, 3.63) is 18.4 Å². The van der Waals surface area contributed by atoms with Crippen molar-refractivity contribution in [1.82, 2.24) is 0 Å². The van der Waals surface area contributed by atoms with Crippen molar-refractivity contribution < 1.29 is 19.1 Å². The van der Waals surface area contributed by atoms with Crippen LogP contribution in [0.1, 0.15) is 39.5 Å². The van der Waals surface area contributed by atoms with E-state index in [9.17, 15) is 9.59 Å². The third kappa shape index (κ3) is 10.7. The predicted octanol–water partition coefficient (Wildman–Crippen LogP) is 2.38. The first-order chi connectivity index (χ1) is 8.06. The van der Waals surface area contributed by atoms with Crippen molar-refractivity contribution in [2.75, 3.05) is 6.61 Å². The number of hydrogen-bond acceptors (Lipinski definition) is 4. The molecular formula is C13H20O4. The van der Waals surface area contributed by atoms with Gasteiger partial charge < -0.3 is 9.47 Å². The molecule has 0 aliphatic heterocycles. The summed E-state index contributed by atoms with van der Waals surface area (Å²) in [5, 5.41) is 0. The fourth-order valence-electron chi connectivity index (χ4n) is 1.36. The van der Waals surface area contributed by atoms with Crippen LogP contribution in [-0.4, -0.2) is 24.6 Å². The number of carbonyl (C=O) groups is 2. The van der Waals surface area contributed by atoms with Gasteiger partial charge in [0.1, 0.15) is 6.10 Å². The molecule has 0 spiro atoms. The molecule has 1 unspecified atom stereocenters. The van der Waals surface area contributed by atoms with E-state index < -0.39 is 0 Å². The molecule has 0 aliphatic carbocycles. The zero-order valence-electron chi connectivity index (χ0n) is 10.5. The lowest BCUT2D eigenvalue weighted by molar-refractivity contribution is -0.144. The van der Waals surface area contributed by atoms with Crippen molar-refractivity contribution in [3.8, 4) is 0 Å². The van der Waals surface area contributed by atoms with Crippen LogP contribution in [0.4, 0.5) is 0 Å². The van der Waals surface area contributed by atoms with Crippen LogP contribution < -0.4 is 0 Å². The molecule has 0 aromatic carbocycles. The van der Waals surface area contributed by atoms with Crippen LogP contribution in [0.15, 0.2) is 18.4 Å². The number of hydrogen-bond donors (Lipinski definition) is 0. The lowest BCUT2D eigenvalue weighted by atomic mass is 10.1. The van der Waals surface area contributed by atoms with Crippen molar-refractivity contribution in [2.45, 2.75) is 45.6 Å². The SMILES string of the molecule is C=C=CC(CCCCCOC(C)=O)OC(C)=O. The fraction of sp³-hybridized carbons (Fsp3) is 0.615. The van der Waals surface area contributed by atoms with E-state index in [1.807, 2.05) is 0 Å². The van der Waals surface area contributed by atoms with Gasteiger partial charge in [-0.2, -0.15) is 0 Å². The quantitative estimate of drug-likeness (QED) is 0.371. The Balaban J connectivity index is 3.64. The highest BCUT2D eigenvalue weighted by Gasteiger charge is 2.07. The molecule has 17 heavy (non-hydrogen) atoms. The summed E-state index contributed by atoms with van der Waals surface area (Å²) < 4.78 is 9.86. The van der Waals surface area contributed by atoms with Gasteiger partial charge in [-0.25, -0.2) is 0 Å². The van der Waals surface area contributed by atoms with Crippen molar-refractivity contribution in [3.63, 3.8) is 0 Å². The van der Waals surface area contributed by atoms with Crippen LogP contribution in [-0.2, 0) is 19.1 Å². The Bertz CT molecular complexity index is 290. The Hall–Kier alpha value is -1.54. The third-order valence-corrected chi connectivity index (χ3v) is 2.06. The third-order valence-electron chi connectivity index (χ3n) is 2.06. The van der Waals surface area contributed by atoms with Crippen LogP contribution in [0.25, 0.3) is 0 Å². The number of esters is 2. The summed E-state index contributed by atoms with van der Waals surface area (Å²) in [4.78, 5) is 21.3. The molecule has 4 nitrogen and oxygen atoms in total. The van der Waals surface area contributed by atoms with Gasteiger partial charge in [0.2, 0.25) is 0 Å². The van der Waals surface area contributed by atoms with Gasteiger partial charge in [-0.05, 0) is 31.8 Å². The van der Waals surface area contributed by atoms with Crippen LogP contribution in [0.5, 0.6) is 0 Å². The molecule has 0 N–H and O–H groups in total. The predicted molar refractivity (Wildman–Crippen MR) is 64.4 cm³/mol. The normalized spacial score (nSPS) is 11.2. The second kappa shape index (κ2) is 9.67. The maximum atomic E-state index is 10.8. The maximum Gasteiger partial charge on any atom is 0.303 e. The van der Waals surface area contributed by atoms with E-state index in [2.05, 4.69) is 12.3 Å². The molecule has 0 heterocycles. The highest BCUT2D eigenvalue weighted by molar-refractivity contribution is 5.66. The molecule has 1 atom stereocenters. The van der Waals surface area contributed by atoms with Crippen molar-refractivity contribution >= 4 is 11.9 Å². The van der Waals surface area contributed by atoms with Crippen LogP contribution in [0.3, 0.4) is 0 Å². The van der Waals surface area contributed by atoms with E-state index in [1.54, 1.807) is 6.08 Å². The highest BCUT2D eigenvalue weighted by atomic mass is 16.5. The molecule has 96 valence electrons. The summed E-state index contributed by atoms with van der Waals surface area (Å²) in [5.74, 6) is -0.557. The topological polar surface area (TPSA) is 52.6 Å². The van der Waals surface area contributed by atoms with E-state index in [1.165, 1.54) is 13.8 Å².